The summed E-state index contributed by atoms with van der Waals surface area (Å²) < 4.78 is 1.10. The molecule has 1 N–H and O–H groups in total. The summed E-state index contributed by atoms with van der Waals surface area (Å²) in [4.78, 5) is 4.89. The number of hydrogen-bond donors (Lipinski definition) is 1. The Morgan fingerprint density at radius 3 is 2.89 bits per heavy atom. The van der Waals surface area contributed by atoms with Crippen molar-refractivity contribution in [2.75, 3.05) is 13.6 Å². The number of halogens is 1. The maximum absolute atomic E-state index is 4.89. The van der Waals surface area contributed by atoms with Gasteiger partial charge in [0.15, 0.2) is 0 Å². The van der Waals surface area contributed by atoms with Crippen molar-refractivity contribution in [3.05, 3.63) is 39.1 Å². The molecular formula is C15H17BrN2S. The molecule has 1 aromatic carbocycles. The van der Waals surface area contributed by atoms with Gasteiger partial charge in [0.25, 0.3) is 0 Å². The maximum atomic E-state index is 4.89. The van der Waals surface area contributed by atoms with Gasteiger partial charge in [-0.1, -0.05) is 34.5 Å². The summed E-state index contributed by atoms with van der Waals surface area (Å²) in [6.07, 6.45) is 3.85. The normalized spacial score (nSPS) is 17.2. The molecule has 2 aromatic rings. The lowest BCUT2D eigenvalue weighted by atomic mass is 9.69. The smallest absolute Gasteiger partial charge is 0.101 e. The standard InChI is InChI=1S/C15H17BrN2S/c1-17-10-15(6-3-7-15)14-18-13(9-19-14)11-4-2-5-12(16)8-11/h2,4-5,8-9,17H,3,6-7,10H2,1H3. The van der Waals surface area contributed by atoms with Gasteiger partial charge in [0, 0.05) is 27.4 Å². The molecule has 1 saturated carbocycles. The summed E-state index contributed by atoms with van der Waals surface area (Å²) in [5, 5.41) is 6.81. The van der Waals surface area contributed by atoms with E-state index in [1.165, 1.54) is 29.8 Å². The summed E-state index contributed by atoms with van der Waals surface area (Å²) in [6.45, 7) is 1.04. The molecule has 1 aliphatic carbocycles. The maximum Gasteiger partial charge on any atom is 0.101 e. The zero-order valence-corrected chi connectivity index (χ0v) is 13.4. The fourth-order valence-corrected chi connectivity index (χ4v) is 4.19. The quantitative estimate of drug-likeness (QED) is 0.904. The van der Waals surface area contributed by atoms with Crippen LogP contribution in [0.25, 0.3) is 11.3 Å². The van der Waals surface area contributed by atoms with Crippen LogP contribution in [0.4, 0.5) is 0 Å². The minimum atomic E-state index is 0.295. The van der Waals surface area contributed by atoms with Crippen molar-refractivity contribution in [2.24, 2.45) is 0 Å². The predicted molar refractivity (Wildman–Crippen MR) is 84.7 cm³/mol. The molecule has 100 valence electrons. The van der Waals surface area contributed by atoms with E-state index in [9.17, 15) is 0 Å². The third-order valence-electron chi connectivity index (χ3n) is 3.90. The Morgan fingerprint density at radius 1 is 1.42 bits per heavy atom. The molecule has 2 nitrogen and oxygen atoms in total. The van der Waals surface area contributed by atoms with Crippen LogP contribution in [0, 0.1) is 0 Å². The predicted octanol–water partition coefficient (Wildman–Crippen LogP) is 4.21. The zero-order valence-electron chi connectivity index (χ0n) is 10.9. The number of hydrogen-bond acceptors (Lipinski definition) is 3. The van der Waals surface area contributed by atoms with Gasteiger partial charge in [0.05, 0.1) is 5.69 Å². The first kappa shape index (κ1) is 13.3. The van der Waals surface area contributed by atoms with Gasteiger partial charge in [-0.2, -0.15) is 0 Å². The third kappa shape index (κ3) is 2.49. The summed E-state index contributed by atoms with van der Waals surface area (Å²) in [7, 11) is 2.03. The number of likely N-dealkylation sites (N-methyl/N-ethyl adjacent to an activating group) is 1. The molecule has 1 fully saturated rings. The zero-order chi connectivity index (χ0) is 13.3. The van der Waals surface area contributed by atoms with Crippen molar-refractivity contribution in [1.29, 1.82) is 0 Å². The number of rotatable bonds is 4. The average molecular weight is 337 g/mol. The highest BCUT2D eigenvalue weighted by Gasteiger charge is 2.40. The Bertz CT molecular complexity index is 575. The minimum absolute atomic E-state index is 0.295. The van der Waals surface area contributed by atoms with Gasteiger partial charge in [-0.3, -0.25) is 0 Å². The second-order valence-electron chi connectivity index (χ2n) is 5.21. The molecule has 3 rings (SSSR count). The first-order valence-electron chi connectivity index (χ1n) is 6.60. The second kappa shape index (κ2) is 5.35. The molecule has 0 spiro atoms. The summed E-state index contributed by atoms with van der Waals surface area (Å²) in [6, 6.07) is 8.36. The minimum Gasteiger partial charge on any atom is -0.319 e. The van der Waals surface area contributed by atoms with Crippen LogP contribution in [0.1, 0.15) is 24.3 Å². The highest BCUT2D eigenvalue weighted by Crippen LogP contribution is 2.45. The third-order valence-corrected chi connectivity index (χ3v) is 5.49. The van der Waals surface area contributed by atoms with Gasteiger partial charge >= 0.3 is 0 Å². The Morgan fingerprint density at radius 2 is 2.26 bits per heavy atom. The van der Waals surface area contributed by atoms with E-state index in [1.54, 1.807) is 11.3 Å². The summed E-state index contributed by atoms with van der Waals surface area (Å²) in [5.41, 5.74) is 2.59. The van der Waals surface area contributed by atoms with E-state index in [0.717, 1.165) is 16.7 Å². The molecule has 0 aliphatic heterocycles. The van der Waals surface area contributed by atoms with E-state index in [2.05, 4.69) is 44.8 Å². The Balaban J connectivity index is 1.91. The summed E-state index contributed by atoms with van der Waals surface area (Å²) in [5.74, 6) is 0. The monoisotopic (exact) mass is 336 g/mol. The van der Waals surface area contributed by atoms with Crippen molar-refractivity contribution in [3.8, 4) is 11.3 Å². The van der Waals surface area contributed by atoms with E-state index in [0.29, 0.717) is 5.41 Å². The van der Waals surface area contributed by atoms with E-state index in [1.807, 2.05) is 13.1 Å². The van der Waals surface area contributed by atoms with Gasteiger partial charge in [0.1, 0.15) is 5.01 Å². The second-order valence-corrected chi connectivity index (χ2v) is 6.99. The molecular weight excluding hydrogens is 320 g/mol. The van der Waals surface area contributed by atoms with Gasteiger partial charge in [-0.05, 0) is 32.0 Å². The molecule has 4 heteroatoms. The Kier molecular flexibility index (Phi) is 3.74. The molecule has 0 unspecified atom stereocenters. The van der Waals surface area contributed by atoms with Crippen LogP contribution in [0.5, 0.6) is 0 Å². The molecule has 0 atom stereocenters. The average Bonchev–Trinajstić information content (AvgIpc) is 2.83. The van der Waals surface area contributed by atoms with Crippen molar-refractivity contribution in [3.63, 3.8) is 0 Å². The molecule has 0 saturated heterocycles. The largest absolute Gasteiger partial charge is 0.319 e. The van der Waals surface area contributed by atoms with Crippen LogP contribution in [0.15, 0.2) is 34.1 Å². The van der Waals surface area contributed by atoms with Gasteiger partial charge in [-0.25, -0.2) is 4.98 Å². The first-order chi connectivity index (χ1) is 9.23. The van der Waals surface area contributed by atoms with E-state index in [4.69, 9.17) is 4.98 Å². The lowest BCUT2D eigenvalue weighted by Crippen LogP contribution is -2.42. The highest BCUT2D eigenvalue weighted by atomic mass is 79.9. The van der Waals surface area contributed by atoms with Crippen LogP contribution in [-0.2, 0) is 5.41 Å². The van der Waals surface area contributed by atoms with E-state index in [-0.39, 0.29) is 0 Å². The number of aromatic nitrogens is 1. The van der Waals surface area contributed by atoms with Crippen LogP contribution in [0.2, 0.25) is 0 Å². The molecule has 0 amide bonds. The first-order valence-corrected chi connectivity index (χ1v) is 8.27. The Hall–Kier alpha value is -0.710. The fourth-order valence-electron chi connectivity index (χ4n) is 2.71. The molecule has 1 aromatic heterocycles. The summed E-state index contributed by atoms with van der Waals surface area (Å²) >= 11 is 5.33. The molecule has 0 bridgehead atoms. The van der Waals surface area contributed by atoms with E-state index >= 15 is 0 Å². The van der Waals surface area contributed by atoms with Crippen LogP contribution in [-0.4, -0.2) is 18.6 Å². The van der Waals surface area contributed by atoms with Gasteiger partial charge in [-0.15, -0.1) is 11.3 Å². The SMILES string of the molecule is CNCC1(c2nc(-c3cccc(Br)c3)cs2)CCC1. The highest BCUT2D eigenvalue weighted by molar-refractivity contribution is 9.10. The van der Waals surface area contributed by atoms with Crippen molar-refractivity contribution in [1.82, 2.24) is 10.3 Å². The number of nitrogens with one attached hydrogen (secondary N) is 1. The van der Waals surface area contributed by atoms with Crippen molar-refractivity contribution in [2.45, 2.75) is 24.7 Å². The topological polar surface area (TPSA) is 24.9 Å². The number of thiazole rings is 1. The van der Waals surface area contributed by atoms with Crippen LogP contribution in [0.3, 0.4) is 0 Å². The lowest BCUT2D eigenvalue weighted by molar-refractivity contribution is 0.238. The molecule has 1 aliphatic rings. The van der Waals surface area contributed by atoms with Crippen LogP contribution < -0.4 is 5.32 Å². The van der Waals surface area contributed by atoms with Gasteiger partial charge in [0.2, 0.25) is 0 Å². The fraction of sp³-hybridized carbons (Fsp3) is 0.400. The lowest BCUT2D eigenvalue weighted by Gasteiger charge is -2.40. The number of nitrogens with zero attached hydrogens (tertiary/aromatic N) is 1. The van der Waals surface area contributed by atoms with Crippen LogP contribution >= 0.6 is 27.3 Å². The Labute approximate surface area is 126 Å². The molecule has 0 radical (unpaired) electrons. The van der Waals surface area contributed by atoms with Gasteiger partial charge < -0.3 is 5.32 Å². The van der Waals surface area contributed by atoms with E-state index < -0.39 is 0 Å². The molecule has 1 heterocycles. The molecule has 19 heavy (non-hydrogen) atoms. The number of benzene rings is 1. The van der Waals surface area contributed by atoms with Crippen molar-refractivity contribution < 1.29 is 0 Å². The van der Waals surface area contributed by atoms with Crippen molar-refractivity contribution >= 4 is 27.3 Å².